The molecule has 1 rings (SSSR count). The lowest BCUT2D eigenvalue weighted by Crippen LogP contribution is -2.33. The molecule has 2 N–H and O–H groups in total. The van der Waals surface area contributed by atoms with Crippen LogP contribution in [0, 0.1) is 11.2 Å². The summed E-state index contributed by atoms with van der Waals surface area (Å²) in [6.45, 7) is 6.42. The Morgan fingerprint density at radius 1 is 1.27 bits per heavy atom. The van der Waals surface area contributed by atoms with E-state index < -0.39 is 17.1 Å². The van der Waals surface area contributed by atoms with Crippen molar-refractivity contribution in [3.63, 3.8) is 0 Å². The molecule has 0 heterocycles. The van der Waals surface area contributed by atoms with Crippen LogP contribution < -0.4 is 10.6 Å². The molecular formula is C16H24FN3O2. The number of carbonyl (C=O) groups excluding carboxylic acids is 2. The second-order valence-corrected chi connectivity index (χ2v) is 6.23. The molecule has 5 nitrogen and oxygen atoms in total. The summed E-state index contributed by atoms with van der Waals surface area (Å²) in [5.74, 6) is -1.21. The minimum absolute atomic E-state index is 0.0506. The van der Waals surface area contributed by atoms with E-state index >= 15 is 0 Å². The molecule has 0 spiro atoms. The largest absolute Gasteiger partial charge is 0.340 e. The van der Waals surface area contributed by atoms with Crippen LogP contribution in [-0.4, -0.2) is 43.9 Å². The van der Waals surface area contributed by atoms with Crippen LogP contribution in [0.3, 0.4) is 0 Å². The molecule has 0 aliphatic heterocycles. The Bertz CT molecular complexity index is 553. The number of nitrogens with one attached hydrogen (secondary N) is 2. The van der Waals surface area contributed by atoms with E-state index in [1.54, 1.807) is 34.9 Å². The van der Waals surface area contributed by atoms with Gasteiger partial charge in [-0.3, -0.25) is 9.59 Å². The molecule has 0 unspecified atom stereocenters. The van der Waals surface area contributed by atoms with Crippen molar-refractivity contribution in [2.75, 3.05) is 32.5 Å². The van der Waals surface area contributed by atoms with E-state index in [1.807, 2.05) is 0 Å². The molecule has 0 aromatic heterocycles. The second-order valence-electron chi connectivity index (χ2n) is 6.23. The number of benzene rings is 1. The summed E-state index contributed by atoms with van der Waals surface area (Å²) < 4.78 is 13.9. The third kappa shape index (κ3) is 4.80. The van der Waals surface area contributed by atoms with Crippen LogP contribution in [0.15, 0.2) is 18.2 Å². The fraction of sp³-hybridized carbons (Fsp3) is 0.500. The molecule has 1 aromatic rings. The number of likely N-dealkylation sites (N-methyl/N-ethyl adjacent to an activating group) is 2. The van der Waals surface area contributed by atoms with Gasteiger partial charge in [0.1, 0.15) is 5.82 Å². The third-order valence-corrected chi connectivity index (χ3v) is 3.18. The average molecular weight is 309 g/mol. The van der Waals surface area contributed by atoms with Crippen molar-refractivity contribution in [1.29, 1.82) is 0 Å². The highest BCUT2D eigenvalue weighted by atomic mass is 19.1. The molecule has 0 fully saturated rings. The predicted molar refractivity (Wildman–Crippen MR) is 85.4 cm³/mol. The normalized spacial score (nSPS) is 11.2. The zero-order chi connectivity index (χ0) is 16.9. The van der Waals surface area contributed by atoms with E-state index in [9.17, 15) is 14.0 Å². The lowest BCUT2D eigenvalue weighted by Gasteiger charge is -2.20. The predicted octanol–water partition coefficient (Wildman–Crippen LogP) is 2.10. The summed E-state index contributed by atoms with van der Waals surface area (Å²) in [6.07, 6.45) is 0. The van der Waals surface area contributed by atoms with Crippen molar-refractivity contribution in [2.45, 2.75) is 20.8 Å². The van der Waals surface area contributed by atoms with Gasteiger partial charge in [0.2, 0.25) is 5.91 Å². The molecule has 0 saturated carbocycles. The highest BCUT2D eigenvalue weighted by molar-refractivity contribution is 5.98. The number of halogens is 1. The lowest BCUT2D eigenvalue weighted by atomic mass is 9.95. The monoisotopic (exact) mass is 309 g/mol. The van der Waals surface area contributed by atoms with Crippen LogP contribution in [0.4, 0.5) is 10.1 Å². The highest BCUT2D eigenvalue weighted by Gasteiger charge is 2.22. The Kier molecular flexibility index (Phi) is 6.05. The van der Waals surface area contributed by atoms with Crippen LogP contribution >= 0.6 is 0 Å². The molecule has 2 amide bonds. The summed E-state index contributed by atoms with van der Waals surface area (Å²) in [7, 11) is 3.39. The molecule has 22 heavy (non-hydrogen) atoms. The van der Waals surface area contributed by atoms with Gasteiger partial charge >= 0.3 is 0 Å². The Balaban J connectivity index is 2.95. The molecule has 0 aliphatic rings. The van der Waals surface area contributed by atoms with E-state index in [2.05, 4.69) is 10.6 Å². The molecule has 1 aromatic carbocycles. The van der Waals surface area contributed by atoms with Crippen LogP contribution in [0.1, 0.15) is 31.1 Å². The first-order valence-electron chi connectivity index (χ1n) is 7.18. The molecule has 0 atom stereocenters. The summed E-state index contributed by atoms with van der Waals surface area (Å²) in [6, 6.07) is 4.01. The highest BCUT2D eigenvalue weighted by Crippen LogP contribution is 2.20. The Hall–Kier alpha value is -1.95. The average Bonchev–Trinajstić information content (AvgIpc) is 2.44. The zero-order valence-corrected chi connectivity index (χ0v) is 13.8. The lowest BCUT2D eigenvalue weighted by molar-refractivity contribution is -0.123. The molecule has 0 bridgehead atoms. The number of anilines is 1. The zero-order valence-electron chi connectivity index (χ0n) is 13.8. The van der Waals surface area contributed by atoms with Crippen molar-refractivity contribution in [3.05, 3.63) is 29.6 Å². The first-order valence-corrected chi connectivity index (χ1v) is 7.18. The summed E-state index contributed by atoms with van der Waals surface area (Å²) in [4.78, 5) is 25.7. The first kappa shape index (κ1) is 18.1. The van der Waals surface area contributed by atoms with Gasteiger partial charge in [-0.05, 0) is 25.2 Å². The van der Waals surface area contributed by atoms with Gasteiger partial charge in [-0.1, -0.05) is 20.8 Å². The van der Waals surface area contributed by atoms with Crippen LogP contribution in [0.2, 0.25) is 0 Å². The Morgan fingerprint density at radius 2 is 1.91 bits per heavy atom. The molecular weight excluding hydrogens is 285 g/mol. The topological polar surface area (TPSA) is 61.4 Å². The fourth-order valence-electron chi connectivity index (χ4n) is 1.67. The van der Waals surface area contributed by atoms with Crippen molar-refractivity contribution < 1.29 is 14.0 Å². The third-order valence-electron chi connectivity index (χ3n) is 3.18. The maximum Gasteiger partial charge on any atom is 0.256 e. The minimum Gasteiger partial charge on any atom is -0.340 e. The molecule has 6 heteroatoms. The fourth-order valence-corrected chi connectivity index (χ4v) is 1.67. The van der Waals surface area contributed by atoms with Crippen LogP contribution in [0.5, 0.6) is 0 Å². The summed E-state index contributed by atoms with van der Waals surface area (Å²) in [5, 5.41) is 5.63. The van der Waals surface area contributed by atoms with E-state index in [0.717, 1.165) is 0 Å². The molecule has 0 radical (unpaired) electrons. The number of rotatable bonds is 5. The first-order chi connectivity index (χ1) is 10.2. The molecule has 0 aliphatic carbocycles. The maximum absolute atomic E-state index is 13.9. The smallest absolute Gasteiger partial charge is 0.256 e. The van der Waals surface area contributed by atoms with Crippen molar-refractivity contribution >= 4 is 17.5 Å². The Morgan fingerprint density at radius 3 is 2.45 bits per heavy atom. The van der Waals surface area contributed by atoms with Gasteiger partial charge in [0.15, 0.2) is 0 Å². The number of amides is 2. The summed E-state index contributed by atoms with van der Waals surface area (Å²) in [5.41, 5.74) is -0.209. The second kappa shape index (κ2) is 7.35. The van der Waals surface area contributed by atoms with Gasteiger partial charge in [0.05, 0.1) is 5.56 Å². The van der Waals surface area contributed by atoms with Crippen molar-refractivity contribution in [1.82, 2.24) is 10.2 Å². The van der Waals surface area contributed by atoms with E-state index in [1.165, 1.54) is 23.1 Å². The van der Waals surface area contributed by atoms with Gasteiger partial charge in [0, 0.05) is 31.2 Å². The van der Waals surface area contributed by atoms with E-state index in [4.69, 9.17) is 0 Å². The van der Waals surface area contributed by atoms with Crippen LogP contribution in [0.25, 0.3) is 0 Å². The molecule has 122 valence electrons. The van der Waals surface area contributed by atoms with Gasteiger partial charge in [-0.2, -0.15) is 0 Å². The van der Waals surface area contributed by atoms with Gasteiger partial charge < -0.3 is 15.5 Å². The van der Waals surface area contributed by atoms with Gasteiger partial charge in [-0.15, -0.1) is 0 Å². The van der Waals surface area contributed by atoms with Gasteiger partial charge in [0.25, 0.3) is 5.91 Å². The van der Waals surface area contributed by atoms with E-state index in [-0.39, 0.29) is 11.5 Å². The number of hydrogen-bond donors (Lipinski definition) is 2. The van der Waals surface area contributed by atoms with Gasteiger partial charge in [-0.25, -0.2) is 4.39 Å². The Labute approximate surface area is 130 Å². The molecule has 0 saturated heterocycles. The number of nitrogens with zero attached hydrogens (tertiary/aromatic N) is 1. The quantitative estimate of drug-likeness (QED) is 0.875. The summed E-state index contributed by atoms with van der Waals surface area (Å²) >= 11 is 0. The van der Waals surface area contributed by atoms with Crippen molar-refractivity contribution in [3.8, 4) is 0 Å². The maximum atomic E-state index is 13.9. The van der Waals surface area contributed by atoms with E-state index in [0.29, 0.717) is 18.8 Å². The van der Waals surface area contributed by atoms with Crippen molar-refractivity contribution in [2.24, 2.45) is 5.41 Å². The SMILES string of the molecule is CNCCN(C)C(=O)c1cc(NC(=O)C(C)(C)C)ccc1F. The number of hydrogen-bond acceptors (Lipinski definition) is 3. The minimum atomic E-state index is -0.602. The van der Waals surface area contributed by atoms with Crippen LogP contribution in [-0.2, 0) is 4.79 Å². The number of carbonyl (C=O) groups is 2. The standard InChI is InChI=1S/C16H24FN3O2/c1-16(2,3)15(22)19-11-6-7-13(17)12(10-11)14(21)20(5)9-8-18-4/h6-7,10,18H,8-9H2,1-5H3,(H,19,22).